The summed E-state index contributed by atoms with van der Waals surface area (Å²) in [6, 6.07) is 1.83. The van der Waals surface area contributed by atoms with Gasteiger partial charge in [-0.25, -0.2) is 0 Å². The zero-order valence-corrected chi connectivity index (χ0v) is 4.44. The molecule has 2 N–H and O–H groups in total. The molecule has 0 bridgehead atoms. The van der Waals surface area contributed by atoms with E-state index in [1.165, 1.54) is 0 Å². The molecule has 50 valence electrons. The van der Waals surface area contributed by atoms with E-state index in [-0.39, 0.29) is 0 Å². The number of nitro groups is 1. The van der Waals surface area contributed by atoms with Crippen molar-refractivity contribution in [3.8, 4) is 0 Å². The summed E-state index contributed by atoms with van der Waals surface area (Å²) < 4.78 is 0. The van der Waals surface area contributed by atoms with Gasteiger partial charge in [-0.3, -0.25) is 15.2 Å². The molecule has 0 aromatic carbocycles. The number of H-pyrrole nitrogens is 1. The highest BCUT2D eigenvalue weighted by atomic mass is 16.7. The molecule has 0 aliphatic heterocycles. The van der Waals surface area contributed by atoms with Crippen LogP contribution < -0.4 is 0 Å². The Morgan fingerprint density at radius 3 is 2.44 bits per heavy atom. The van der Waals surface area contributed by atoms with Crippen molar-refractivity contribution >= 4 is 0 Å². The molecule has 9 heavy (non-hydrogen) atoms. The molecule has 0 fully saturated rings. The number of hydrogen-bond acceptors (Lipinski definition) is 3. The van der Waals surface area contributed by atoms with Crippen molar-refractivity contribution in [2.75, 3.05) is 0 Å². The number of hydrogen-bond donors (Lipinski definition) is 1. The summed E-state index contributed by atoms with van der Waals surface area (Å²) >= 11 is 0. The molecule has 1 aromatic rings. The SMILES string of the molecule is [NH-][N+](=O)[O-].c1cn[nH]c1. The van der Waals surface area contributed by atoms with E-state index in [1.807, 2.05) is 6.07 Å². The minimum Gasteiger partial charge on any atom is -0.393 e. The molecule has 0 unspecified atom stereocenters. The molecule has 0 saturated carbocycles. The van der Waals surface area contributed by atoms with Gasteiger partial charge in [-0.15, -0.1) is 0 Å². The third-order valence-electron chi connectivity index (χ3n) is 0.406. The van der Waals surface area contributed by atoms with Gasteiger partial charge in [-0.1, -0.05) is 0 Å². The van der Waals surface area contributed by atoms with Crippen LogP contribution in [-0.2, 0) is 0 Å². The van der Waals surface area contributed by atoms with Crippen molar-refractivity contribution in [3.05, 3.63) is 34.4 Å². The van der Waals surface area contributed by atoms with Gasteiger partial charge in [-0.05, 0) is 11.1 Å². The Morgan fingerprint density at radius 1 is 1.78 bits per heavy atom. The van der Waals surface area contributed by atoms with Crippen molar-refractivity contribution in [3.63, 3.8) is 0 Å². The maximum atomic E-state index is 8.47. The van der Waals surface area contributed by atoms with E-state index in [0.29, 0.717) is 0 Å². The van der Waals surface area contributed by atoms with Crippen molar-refractivity contribution in [1.29, 1.82) is 0 Å². The van der Waals surface area contributed by atoms with Gasteiger partial charge in [0.1, 0.15) is 0 Å². The smallest absolute Gasteiger partial charge is 0.0487 e. The molecule has 1 aromatic heterocycles. The van der Waals surface area contributed by atoms with E-state index < -0.39 is 5.03 Å². The molecule has 0 spiro atoms. The number of nitrogens with one attached hydrogen (secondary N) is 2. The Balaban J connectivity index is 0.000000148. The molecule has 6 nitrogen and oxygen atoms in total. The molecular formula is C3H5N4O2-. The van der Waals surface area contributed by atoms with Crippen molar-refractivity contribution < 1.29 is 5.03 Å². The minimum atomic E-state index is -1.25. The summed E-state index contributed by atoms with van der Waals surface area (Å²) in [5, 5.41) is 13.4. The van der Waals surface area contributed by atoms with Crippen molar-refractivity contribution in [1.82, 2.24) is 10.2 Å². The zero-order valence-electron chi connectivity index (χ0n) is 4.44. The second kappa shape index (κ2) is 4.57. The van der Waals surface area contributed by atoms with Gasteiger partial charge in [0.05, 0.1) is 0 Å². The van der Waals surface area contributed by atoms with Crippen LogP contribution in [0.3, 0.4) is 0 Å². The van der Waals surface area contributed by atoms with Crippen LogP contribution in [0.15, 0.2) is 18.5 Å². The van der Waals surface area contributed by atoms with Crippen LogP contribution in [0.25, 0.3) is 5.84 Å². The highest BCUT2D eigenvalue weighted by Crippen LogP contribution is 1.64. The lowest BCUT2D eigenvalue weighted by atomic mass is 10.8. The van der Waals surface area contributed by atoms with E-state index in [9.17, 15) is 0 Å². The van der Waals surface area contributed by atoms with Crippen LogP contribution in [-0.4, -0.2) is 15.2 Å². The Kier molecular flexibility index (Phi) is 3.76. The minimum absolute atomic E-state index is 1.25. The van der Waals surface area contributed by atoms with Gasteiger partial charge in [-0.2, -0.15) is 5.10 Å². The lowest BCUT2D eigenvalue weighted by molar-refractivity contribution is -0.403. The molecule has 6 heteroatoms. The van der Waals surface area contributed by atoms with Crippen LogP contribution in [0.4, 0.5) is 0 Å². The Morgan fingerprint density at radius 2 is 2.33 bits per heavy atom. The summed E-state index contributed by atoms with van der Waals surface area (Å²) in [5.74, 6) is 5.31. The number of nitrogens with zero attached hydrogens (tertiary/aromatic N) is 2. The van der Waals surface area contributed by atoms with Crippen LogP contribution in [0, 0.1) is 10.1 Å². The van der Waals surface area contributed by atoms with Gasteiger partial charge in [0, 0.05) is 12.4 Å². The van der Waals surface area contributed by atoms with Crippen molar-refractivity contribution in [2.45, 2.75) is 0 Å². The summed E-state index contributed by atoms with van der Waals surface area (Å²) in [5.41, 5.74) is 0. The summed E-state index contributed by atoms with van der Waals surface area (Å²) in [6.45, 7) is 0. The highest BCUT2D eigenvalue weighted by molar-refractivity contribution is 4.72. The summed E-state index contributed by atoms with van der Waals surface area (Å²) in [6.07, 6.45) is 3.46. The average molecular weight is 129 g/mol. The Hall–Kier alpha value is -1.59. The van der Waals surface area contributed by atoms with Gasteiger partial charge in [0.2, 0.25) is 0 Å². The van der Waals surface area contributed by atoms with Crippen LogP contribution in [0.1, 0.15) is 0 Å². The normalized spacial score (nSPS) is 7.11. The largest absolute Gasteiger partial charge is 0.393 e. The predicted octanol–water partition coefficient (Wildman–Crippen LogP) is 0.640. The molecule has 1 rings (SSSR count). The second-order valence-corrected chi connectivity index (χ2v) is 1.02. The topological polar surface area (TPSA) is 95.6 Å². The predicted molar refractivity (Wildman–Crippen MR) is 29.9 cm³/mol. The van der Waals surface area contributed by atoms with Crippen LogP contribution in [0.5, 0.6) is 0 Å². The van der Waals surface area contributed by atoms with E-state index in [1.54, 1.807) is 12.4 Å². The fraction of sp³-hybridized carbons (Fsp3) is 0. The fourth-order valence-electron chi connectivity index (χ4n) is 0.215. The number of rotatable bonds is 0. The molecule has 1 heterocycles. The number of aromatic amines is 1. The van der Waals surface area contributed by atoms with E-state index in [0.717, 1.165) is 0 Å². The summed E-state index contributed by atoms with van der Waals surface area (Å²) in [4.78, 5) is 8.47. The third kappa shape index (κ3) is 10.7. The third-order valence-corrected chi connectivity index (χ3v) is 0.406. The molecule has 0 aliphatic rings. The van der Waals surface area contributed by atoms with Gasteiger partial charge in [0.15, 0.2) is 0 Å². The molecule has 0 atom stereocenters. The quantitative estimate of drug-likeness (QED) is 0.411. The monoisotopic (exact) mass is 129 g/mol. The van der Waals surface area contributed by atoms with Crippen molar-refractivity contribution in [2.24, 2.45) is 0 Å². The highest BCUT2D eigenvalue weighted by Gasteiger charge is 1.56. The molecule has 0 radical (unpaired) electrons. The molecule has 0 amide bonds. The first-order valence-corrected chi connectivity index (χ1v) is 2.03. The molecule has 0 aliphatic carbocycles. The maximum absolute atomic E-state index is 8.47. The standard InChI is InChI=1S/C3H4N2.HN2O2/c1-2-4-5-3-1;1-2(3)4/h1-3H,(H,4,5);1H/q;-1. The van der Waals surface area contributed by atoms with E-state index in [4.69, 9.17) is 16.0 Å². The van der Waals surface area contributed by atoms with Crippen LogP contribution >= 0.6 is 0 Å². The average Bonchev–Trinajstić information content (AvgIpc) is 2.11. The first-order valence-electron chi connectivity index (χ1n) is 2.03. The summed E-state index contributed by atoms with van der Waals surface area (Å²) in [7, 11) is 0. The number of aromatic nitrogens is 2. The van der Waals surface area contributed by atoms with E-state index >= 15 is 0 Å². The van der Waals surface area contributed by atoms with Gasteiger partial charge < -0.3 is 5.84 Å². The van der Waals surface area contributed by atoms with Gasteiger partial charge in [0.25, 0.3) is 0 Å². The first kappa shape index (κ1) is 7.41. The Bertz CT molecular complexity index is 128. The second-order valence-electron chi connectivity index (χ2n) is 1.02. The first-order chi connectivity index (χ1) is 4.23. The molecule has 0 saturated heterocycles. The lowest BCUT2D eigenvalue weighted by Gasteiger charge is -1.76. The lowest BCUT2D eigenvalue weighted by Crippen LogP contribution is -1.70. The maximum Gasteiger partial charge on any atom is 0.0487 e. The van der Waals surface area contributed by atoms with Crippen LogP contribution in [0.2, 0.25) is 0 Å². The van der Waals surface area contributed by atoms with E-state index in [2.05, 4.69) is 10.2 Å². The van der Waals surface area contributed by atoms with Gasteiger partial charge >= 0.3 is 0 Å². The fourth-order valence-corrected chi connectivity index (χ4v) is 0.215. The molecular weight excluding hydrogens is 124 g/mol. The zero-order chi connectivity index (χ0) is 7.11. The Labute approximate surface area is 50.8 Å².